The van der Waals surface area contributed by atoms with E-state index in [4.69, 9.17) is 11.1 Å². The third-order valence-electron chi connectivity index (χ3n) is 2.01. The lowest BCUT2D eigenvalue weighted by Crippen LogP contribution is -2.13. The van der Waals surface area contributed by atoms with E-state index >= 15 is 0 Å². The van der Waals surface area contributed by atoms with E-state index in [1.807, 2.05) is 24.5 Å². The van der Waals surface area contributed by atoms with Gasteiger partial charge in [-0.05, 0) is 18.4 Å². The quantitative estimate of drug-likeness (QED) is 0.512. The Bertz CT molecular complexity index is 524. The molecule has 0 aliphatic heterocycles. The Balaban J connectivity index is 2.42. The number of amidine groups is 1. The van der Waals surface area contributed by atoms with Gasteiger partial charge < -0.3 is 5.73 Å². The molecule has 0 fully saturated rings. The van der Waals surface area contributed by atoms with Gasteiger partial charge in [-0.15, -0.1) is 22.0 Å². The number of hydrogen-bond acceptors (Lipinski definition) is 6. The molecule has 0 amide bonds. The molecule has 2 rings (SSSR count). The van der Waals surface area contributed by atoms with Gasteiger partial charge in [0.2, 0.25) is 0 Å². The molecule has 0 unspecified atom stereocenters. The van der Waals surface area contributed by atoms with Gasteiger partial charge in [-0.25, -0.2) is 0 Å². The minimum atomic E-state index is 0.0852. The highest BCUT2D eigenvalue weighted by Gasteiger charge is 2.12. The maximum absolute atomic E-state index is 7.67. The molecule has 2 aromatic rings. The average molecular weight is 282 g/mol. The Morgan fingerprint density at radius 2 is 2.18 bits per heavy atom. The molecule has 0 atom stereocenters. The van der Waals surface area contributed by atoms with Gasteiger partial charge in [-0.1, -0.05) is 29.2 Å². The Morgan fingerprint density at radius 3 is 2.76 bits per heavy atom. The van der Waals surface area contributed by atoms with Gasteiger partial charge >= 0.3 is 0 Å². The van der Waals surface area contributed by atoms with E-state index in [1.54, 1.807) is 17.3 Å². The van der Waals surface area contributed by atoms with Gasteiger partial charge in [-0.2, -0.15) is 0 Å². The maximum atomic E-state index is 7.67. The summed E-state index contributed by atoms with van der Waals surface area (Å²) < 4.78 is 0.853. The lowest BCUT2D eigenvalue weighted by Gasteiger charge is -2.10. The highest BCUT2D eigenvalue weighted by atomic mass is 32.2. The second-order valence-corrected chi connectivity index (χ2v) is 6.02. The molecule has 17 heavy (non-hydrogen) atoms. The summed E-state index contributed by atoms with van der Waals surface area (Å²) in [6, 6.07) is 5.87. The molecule has 0 saturated heterocycles. The summed E-state index contributed by atoms with van der Waals surface area (Å²) in [6.45, 7) is 0. The fraction of sp³-hybridized carbons (Fsp3) is 0.100. The van der Waals surface area contributed by atoms with E-state index in [1.165, 1.54) is 23.1 Å². The van der Waals surface area contributed by atoms with Crippen LogP contribution in [0.3, 0.4) is 0 Å². The minimum Gasteiger partial charge on any atom is -0.384 e. The number of nitrogen functional groups attached to an aromatic ring is 1. The van der Waals surface area contributed by atoms with E-state index in [9.17, 15) is 0 Å². The van der Waals surface area contributed by atoms with Crippen molar-refractivity contribution in [2.45, 2.75) is 14.1 Å². The van der Waals surface area contributed by atoms with Crippen molar-refractivity contribution in [3.05, 3.63) is 29.3 Å². The molecular formula is C10H10N4S3. The van der Waals surface area contributed by atoms with Crippen LogP contribution in [0, 0.1) is 5.41 Å². The van der Waals surface area contributed by atoms with E-state index in [-0.39, 0.29) is 5.84 Å². The molecule has 4 nitrogen and oxygen atoms in total. The van der Waals surface area contributed by atoms with Crippen molar-refractivity contribution >= 4 is 40.7 Å². The van der Waals surface area contributed by atoms with E-state index in [2.05, 4.69) is 10.2 Å². The zero-order chi connectivity index (χ0) is 12.3. The molecule has 1 aromatic heterocycles. The molecule has 0 radical (unpaired) electrons. The number of benzene rings is 1. The van der Waals surface area contributed by atoms with Gasteiger partial charge in [0.25, 0.3) is 0 Å². The average Bonchev–Trinajstić information content (AvgIpc) is 2.81. The monoisotopic (exact) mass is 282 g/mol. The number of rotatable bonds is 4. The van der Waals surface area contributed by atoms with Crippen molar-refractivity contribution in [2.75, 3.05) is 6.26 Å². The summed E-state index contributed by atoms with van der Waals surface area (Å²) in [6.07, 6.45) is 1.97. The number of hydrogen-bond donors (Lipinski definition) is 2. The molecule has 0 spiro atoms. The molecule has 0 aliphatic carbocycles. The van der Waals surface area contributed by atoms with Crippen LogP contribution in [0.15, 0.2) is 37.8 Å². The predicted octanol–water partition coefficient (Wildman–Crippen LogP) is 2.70. The fourth-order valence-corrected chi connectivity index (χ4v) is 3.65. The van der Waals surface area contributed by atoms with Crippen LogP contribution >= 0.6 is 34.9 Å². The Hall–Kier alpha value is -1.05. The number of thioether (sulfide) groups is 1. The molecule has 1 aromatic carbocycles. The van der Waals surface area contributed by atoms with Crippen LogP contribution < -0.4 is 5.73 Å². The molecule has 1 heterocycles. The smallest absolute Gasteiger partial charge is 0.178 e. The molecule has 88 valence electrons. The van der Waals surface area contributed by atoms with Gasteiger partial charge in [0.05, 0.1) is 0 Å². The van der Waals surface area contributed by atoms with Gasteiger partial charge in [0, 0.05) is 15.4 Å². The van der Waals surface area contributed by atoms with Crippen LogP contribution in [-0.4, -0.2) is 22.3 Å². The Labute approximate surface area is 112 Å². The first-order valence-corrected chi connectivity index (χ1v) is 7.60. The summed E-state index contributed by atoms with van der Waals surface area (Å²) in [5.41, 5.74) is 8.11. The van der Waals surface area contributed by atoms with Gasteiger partial charge in [0.15, 0.2) is 4.34 Å². The van der Waals surface area contributed by atoms with Crippen molar-refractivity contribution in [1.82, 2.24) is 10.2 Å². The topological polar surface area (TPSA) is 75.7 Å². The second kappa shape index (κ2) is 5.52. The minimum absolute atomic E-state index is 0.0852. The highest BCUT2D eigenvalue weighted by molar-refractivity contribution is 8.01. The molecule has 3 N–H and O–H groups in total. The first kappa shape index (κ1) is 12.4. The maximum Gasteiger partial charge on any atom is 0.178 e. The van der Waals surface area contributed by atoms with Crippen molar-refractivity contribution < 1.29 is 0 Å². The van der Waals surface area contributed by atoms with Crippen LogP contribution in [-0.2, 0) is 0 Å². The number of nitrogens with zero attached hydrogens (tertiary/aromatic N) is 2. The van der Waals surface area contributed by atoms with Gasteiger partial charge in [-0.3, -0.25) is 5.41 Å². The van der Waals surface area contributed by atoms with Crippen molar-refractivity contribution in [2.24, 2.45) is 5.73 Å². The summed E-state index contributed by atoms with van der Waals surface area (Å²) >= 11 is 4.55. The number of nitrogens with two attached hydrogens (primary N) is 1. The lowest BCUT2D eigenvalue weighted by atomic mass is 10.2. The van der Waals surface area contributed by atoms with Crippen LogP contribution in [0.2, 0.25) is 0 Å². The third-order valence-corrected chi connectivity index (χ3v) is 4.63. The Kier molecular flexibility index (Phi) is 4.03. The van der Waals surface area contributed by atoms with Crippen LogP contribution in [0.25, 0.3) is 0 Å². The van der Waals surface area contributed by atoms with Gasteiger partial charge in [0.1, 0.15) is 11.3 Å². The van der Waals surface area contributed by atoms with E-state index in [0.717, 1.165) is 19.7 Å². The normalized spacial score (nSPS) is 10.4. The molecule has 0 bridgehead atoms. The summed E-state index contributed by atoms with van der Waals surface area (Å²) in [5, 5.41) is 15.4. The zero-order valence-electron chi connectivity index (χ0n) is 9.01. The summed E-state index contributed by atoms with van der Waals surface area (Å²) in [4.78, 5) is 1.95. The van der Waals surface area contributed by atoms with Crippen molar-refractivity contribution in [3.63, 3.8) is 0 Å². The molecule has 7 heteroatoms. The molecule has 0 aliphatic rings. The fourth-order valence-electron chi connectivity index (χ4n) is 1.33. The highest BCUT2D eigenvalue weighted by Crippen LogP contribution is 2.34. The van der Waals surface area contributed by atoms with Crippen LogP contribution in [0.4, 0.5) is 0 Å². The predicted molar refractivity (Wildman–Crippen MR) is 73.3 cm³/mol. The first-order valence-electron chi connectivity index (χ1n) is 4.67. The summed E-state index contributed by atoms with van der Waals surface area (Å²) in [7, 11) is 0. The first-order chi connectivity index (χ1) is 8.22. The second-order valence-electron chi connectivity index (χ2n) is 3.05. The zero-order valence-corrected chi connectivity index (χ0v) is 11.5. The van der Waals surface area contributed by atoms with Crippen LogP contribution in [0.1, 0.15) is 5.56 Å². The standard InChI is InChI=1S/C10H10N4S3/c1-15-6-3-2-4-7(8(6)9(11)12)17-10-14-13-5-16-10/h2-5H,1H3,(H3,11,12). The van der Waals surface area contributed by atoms with Crippen molar-refractivity contribution in [1.29, 1.82) is 5.41 Å². The molecular weight excluding hydrogens is 272 g/mol. The summed E-state index contributed by atoms with van der Waals surface area (Å²) in [5.74, 6) is 0.0852. The molecule has 0 saturated carbocycles. The lowest BCUT2D eigenvalue weighted by molar-refractivity contribution is 1.01. The number of aromatic nitrogens is 2. The van der Waals surface area contributed by atoms with Crippen molar-refractivity contribution in [3.8, 4) is 0 Å². The third kappa shape index (κ3) is 2.80. The SMILES string of the molecule is CSc1cccc(Sc2nncs2)c1C(=N)N. The Morgan fingerprint density at radius 1 is 1.41 bits per heavy atom. The van der Waals surface area contributed by atoms with Crippen LogP contribution in [0.5, 0.6) is 0 Å². The van der Waals surface area contributed by atoms with E-state index in [0.29, 0.717) is 0 Å². The number of nitrogens with one attached hydrogen (secondary N) is 1. The van der Waals surface area contributed by atoms with E-state index < -0.39 is 0 Å². The largest absolute Gasteiger partial charge is 0.384 e.